The number of aromatic carboxylic acids is 1. The van der Waals surface area contributed by atoms with Gasteiger partial charge in [-0.15, -0.1) is 0 Å². The van der Waals surface area contributed by atoms with Crippen molar-refractivity contribution >= 4 is 11.9 Å². The van der Waals surface area contributed by atoms with E-state index in [-0.39, 0.29) is 23.2 Å². The number of aryl methyl sites for hydroxylation is 1. The van der Waals surface area contributed by atoms with Crippen LogP contribution in [0, 0.1) is 6.92 Å². The topological polar surface area (TPSA) is 70.5 Å². The Hall–Kier alpha value is -1.91. The lowest BCUT2D eigenvalue weighted by Gasteiger charge is -2.26. The molecule has 1 amide bonds. The molecule has 104 valence electrons. The lowest BCUT2D eigenvalue weighted by Crippen LogP contribution is -2.36. The highest BCUT2D eigenvalue weighted by molar-refractivity contribution is 5.94. The Kier molecular flexibility index (Phi) is 5.03. The monoisotopic (exact) mass is 264 g/mol. The molecule has 0 aliphatic carbocycles. The summed E-state index contributed by atoms with van der Waals surface area (Å²) < 4.78 is 0. The van der Waals surface area contributed by atoms with E-state index in [1.54, 1.807) is 18.9 Å². The predicted octanol–water partition coefficient (Wildman–Crippen LogP) is 2.35. The van der Waals surface area contributed by atoms with Gasteiger partial charge in [-0.05, 0) is 31.9 Å². The Balaban J connectivity index is 3.01. The van der Waals surface area contributed by atoms with Crippen molar-refractivity contribution in [2.45, 2.75) is 39.7 Å². The van der Waals surface area contributed by atoms with Crippen molar-refractivity contribution in [2.75, 3.05) is 7.05 Å². The Morgan fingerprint density at radius 2 is 1.89 bits per heavy atom. The molecule has 5 heteroatoms. The molecule has 1 rings (SSSR count). The van der Waals surface area contributed by atoms with Crippen LogP contribution in [-0.2, 0) is 0 Å². The summed E-state index contributed by atoms with van der Waals surface area (Å²) >= 11 is 0. The standard InChI is InChI=1S/C14H20N2O3/c1-5-10(6-2)16(4)13(17)12-8-7-11(14(18)19)9(3)15-12/h7-8,10H,5-6H2,1-4H3,(H,18,19). The van der Waals surface area contributed by atoms with Crippen molar-refractivity contribution < 1.29 is 14.7 Å². The highest BCUT2D eigenvalue weighted by atomic mass is 16.4. The molecule has 0 bridgehead atoms. The van der Waals surface area contributed by atoms with Gasteiger partial charge in [0.1, 0.15) is 5.69 Å². The molecule has 0 saturated carbocycles. The van der Waals surface area contributed by atoms with E-state index in [0.29, 0.717) is 5.69 Å². The number of amides is 1. The minimum absolute atomic E-state index is 0.127. The van der Waals surface area contributed by atoms with Gasteiger partial charge in [0.2, 0.25) is 0 Å². The Morgan fingerprint density at radius 3 is 2.32 bits per heavy atom. The summed E-state index contributed by atoms with van der Waals surface area (Å²) in [5.41, 5.74) is 0.773. The summed E-state index contributed by atoms with van der Waals surface area (Å²) in [6, 6.07) is 3.07. The van der Waals surface area contributed by atoms with Gasteiger partial charge in [0.25, 0.3) is 5.91 Å². The zero-order chi connectivity index (χ0) is 14.6. The summed E-state index contributed by atoms with van der Waals surface area (Å²) in [5, 5.41) is 8.93. The number of carbonyl (C=O) groups excluding carboxylic acids is 1. The molecular weight excluding hydrogens is 244 g/mol. The van der Waals surface area contributed by atoms with Gasteiger partial charge < -0.3 is 10.0 Å². The first-order valence-corrected chi connectivity index (χ1v) is 6.40. The van der Waals surface area contributed by atoms with Crippen molar-refractivity contribution in [1.82, 2.24) is 9.88 Å². The summed E-state index contributed by atoms with van der Waals surface area (Å²) in [5.74, 6) is -1.20. The third-order valence-electron chi connectivity index (χ3n) is 3.35. The van der Waals surface area contributed by atoms with Crippen LogP contribution in [0.1, 0.15) is 53.2 Å². The second-order valence-corrected chi connectivity index (χ2v) is 4.52. The molecule has 1 N–H and O–H groups in total. The maximum atomic E-state index is 12.3. The molecule has 1 aromatic heterocycles. The normalized spacial score (nSPS) is 10.6. The van der Waals surface area contributed by atoms with E-state index in [4.69, 9.17) is 5.11 Å². The molecule has 5 nitrogen and oxygen atoms in total. The second-order valence-electron chi connectivity index (χ2n) is 4.52. The first kappa shape index (κ1) is 15.1. The minimum atomic E-state index is -1.03. The van der Waals surface area contributed by atoms with Crippen LogP contribution >= 0.6 is 0 Å². The van der Waals surface area contributed by atoms with Crippen LogP contribution in [0.5, 0.6) is 0 Å². The quantitative estimate of drug-likeness (QED) is 0.886. The largest absolute Gasteiger partial charge is 0.478 e. The highest BCUT2D eigenvalue weighted by Gasteiger charge is 2.20. The van der Waals surface area contributed by atoms with Gasteiger partial charge in [-0.3, -0.25) is 4.79 Å². The van der Waals surface area contributed by atoms with Crippen molar-refractivity contribution in [1.29, 1.82) is 0 Å². The molecule has 0 atom stereocenters. The molecule has 0 fully saturated rings. The van der Waals surface area contributed by atoms with Crippen LogP contribution in [-0.4, -0.2) is 40.0 Å². The van der Waals surface area contributed by atoms with Gasteiger partial charge in [0.05, 0.1) is 11.3 Å². The molecule has 0 spiro atoms. The first-order valence-electron chi connectivity index (χ1n) is 6.40. The SMILES string of the molecule is CCC(CC)N(C)C(=O)c1ccc(C(=O)O)c(C)n1. The van der Waals surface area contributed by atoms with E-state index in [2.05, 4.69) is 4.98 Å². The van der Waals surface area contributed by atoms with Crippen LogP contribution < -0.4 is 0 Å². The van der Waals surface area contributed by atoms with E-state index in [1.165, 1.54) is 12.1 Å². The summed E-state index contributed by atoms with van der Waals surface area (Å²) in [6.07, 6.45) is 1.76. The molecule has 19 heavy (non-hydrogen) atoms. The van der Waals surface area contributed by atoms with E-state index in [9.17, 15) is 9.59 Å². The Morgan fingerprint density at radius 1 is 1.32 bits per heavy atom. The number of aromatic nitrogens is 1. The summed E-state index contributed by atoms with van der Waals surface area (Å²) in [4.78, 5) is 28.9. The fraction of sp³-hybridized carbons (Fsp3) is 0.500. The highest BCUT2D eigenvalue weighted by Crippen LogP contribution is 2.12. The number of carboxylic acid groups (broad SMARTS) is 1. The number of hydrogen-bond acceptors (Lipinski definition) is 3. The Bertz CT molecular complexity index is 482. The van der Waals surface area contributed by atoms with Gasteiger partial charge in [0, 0.05) is 13.1 Å². The van der Waals surface area contributed by atoms with Crippen LogP contribution in [0.4, 0.5) is 0 Å². The van der Waals surface area contributed by atoms with E-state index >= 15 is 0 Å². The summed E-state index contributed by atoms with van der Waals surface area (Å²) in [7, 11) is 1.75. The van der Waals surface area contributed by atoms with E-state index < -0.39 is 5.97 Å². The smallest absolute Gasteiger partial charge is 0.337 e. The van der Waals surface area contributed by atoms with Crippen LogP contribution in [0.2, 0.25) is 0 Å². The van der Waals surface area contributed by atoms with Crippen molar-refractivity contribution in [3.8, 4) is 0 Å². The zero-order valence-electron chi connectivity index (χ0n) is 11.8. The number of nitrogens with zero attached hydrogens (tertiary/aromatic N) is 2. The van der Waals surface area contributed by atoms with Gasteiger partial charge in [-0.25, -0.2) is 9.78 Å². The molecule has 0 saturated heterocycles. The number of pyridine rings is 1. The van der Waals surface area contributed by atoms with Crippen molar-refractivity contribution in [3.63, 3.8) is 0 Å². The molecule has 0 aliphatic rings. The molecule has 1 heterocycles. The fourth-order valence-electron chi connectivity index (χ4n) is 2.09. The molecule has 0 radical (unpaired) electrons. The number of carboxylic acids is 1. The van der Waals surface area contributed by atoms with E-state index in [1.807, 2.05) is 13.8 Å². The maximum absolute atomic E-state index is 12.3. The average Bonchev–Trinajstić information content (AvgIpc) is 2.38. The summed E-state index contributed by atoms with van der Waals surface area (Å²) in [6.45, 7) is 5.66. The van der Waals surface area contributed by atoms with Gasteiger partial charge in [-0.2, -0.15) is 0 Å². The maximum Gasteiger partial charge on any atom is 0.337 e. The van der Waals surface area contributed by atoms with Crippen LogP contribution in [0.15, 0.2) is 12.1 Å². The molecule has 0 aliphatic heterocycles. The van der Waals surface area contributed by atoms with Gasteiger partial charge in [-0.1, -0.05) is 13.8 Å². The average molecular weight is 264 g/mol. The lowest BCUT2D eigenvalue weighted by molar-refractivity contribution is 0.0687. The predicted molar refractivity (Wildman–Crippen MR) is 72.4 cm³/mol. The first-order chi connectivity index (χ1) is 8.92. The third kappa shape index (κ3) is 3.30. The third-order valence-corrected chi connectivity index (χ3v) is 3.35. The van der Waals surface area contributed by atoms with Crippen LogP contribution in [0.3, 0.4) is 0 Å². The number of rotatable bonds is 5. The molecule has 0 aromatic carbocycles. The van der Waals surface area contributed by atoms with E-state index in [0.717, 1.165) is 12.8 Å². The minimum Gasteiger partial charge on any atom is -0.478 e. The van der Waals surface area contributed by atoms with Gasteiger partial charge >= 0.3 is 5.97 Å². The van der Waals surface area contributed by atoms with Crippen molar-refractivity contribution in [3.05, 3.63) is 29.1 Å². The van der Waals surface area contributed by atoms with Crippen LogP contribution in [0.25, 0.3) is 0 Å². The molecule has 1 aromatic rings. The molecule has 0 unspecified atom stereocenters. The Labute approximate surface area is 113 Å². The van der Waals surface area contributed by atoms with Crippen molar-refractivity contribution in [2.24, 2.45) is 0 Å². The number of hydrogen-bond donors (Lipinski definition) is 1. The lowest BCUT2D eigenvalue weighted by atomic mass is 10.1. The van der Waals surface area contributed by atoms with Gasteiger partial charge in [0.15, 0.2) is 0 Å². The fourth-order valence-corrected chi connectivity index (χ4v) is 2.09. The number of carbonyl (C=O) groups is 2. The second kappa shape index (κ2) is 6.31. The molecular formula is C14H20N2O3. The zero-order valence-corrected chi connectivity index (χ0v) is 11.8.